The van der Waals surface area contributed by atoms with Gasteiger partial charge >= 0.3 is 0 Å². The molecule has 1 unspecified atom stereocenters. The van der Waals surface area contributed by atoms with Gasteiger partial charge in [0.1, 0.15) is 12.3 Å². The summed E-state index contributed by atoms with van der Waals surface area (Å²) in [6.07, 6.45) is 0.410. The van der Waals surface area contributed by atoms with Gasteiger partial charge < -0.3 is 19.3 Å². The van der Waals surface area contributed by atoms with Crippen LogP contribution in [0.4, 0.5) is 5.69 Å². The maximum absolute atomic E-state index is 6.12. The molecule has 2 saturated heterocycles. The summed E-state index contributed by atoms with van der Waals surface area (Å²) in [6, 6.07) is 10.5. The average Bonchev–Trinajstić information content (AvgIpc) is 2.35. The molecule has 2 aliphatic heterocycles. The third-order valence-corrected chi connectivity index (χ3v) is 3.58. The molecule has 2 heterocycles. The molecule has 0 amide bonds. The standard InChI is InChI=1S/C14H20N2O2/c1-15-7-8-16(12-5-3-2-4-6-12)14(9-15)18-13-10-17-11-13/h2-6,13-14H,7-11H2,1H3. The third-order valence-electron chi connectivity index (χ3n) is 3.58. The second-order valence-electron chi connectivity index (χ2n) is 5.04. The largest absolute Gasteiger partial charge is 0.376 e. The predicted molar refractivity (Wildman–Crippen MR) is 70.8 cm³/mol. The molecule has 0 spiro atoms. The van der Waals surface area contributed by atoms with Crippen molar-refractivity contribution in [2.45, 2.75) is 12.3 Å². The fourth-order valence-electron chi connectivity index (χ4n) is 2.43. The molecule has 4 nitrogen and oxygen atoms in total. The van der Waals surface area contributed by atoms with Crippen molar-refractivity contribution in [3.63, 3.8) is 0 Å². The van der Waals surface area contributed by atoms with E-state index in [4.69, 9.17) is 9.47 Å². The topological polar surface area (TPSA) is 24.9 Å². The minimum absolute atomic E-state index is 0.139. The van der Waals surface area contributed by atoms with E-state index in [-0.39, 0.29) is 12.3 Å². The summed E-state index contributed by atoms with van der Waals surface area (Å²) in [7, 11) is 2.15. The molecule has 0 N–H and O–H groups in total. The molecular weight excluding hydrogens is 228 g/mol. The van der Waals surface area contributed by atoms with Crippen LogP contribution in [0.1, 0.15) is 0 Å². The summed E-state index contributed by atoms with van der Waals surface area (Å²) in [5.41, 5.74) is 1.25. The van der Waals surface area contributed by atoms with Gasteiger partial charge in [-0.05, 0) is 19.2 Å². The van der Waals surface area contributed by atoms with Gasteiger partial charge in [0.25, 0.3) is 0 Å². The number of piperazine rings is 1. The highest BCUT2D eigenvalue weighted by Gasteiger charge is 2.31. The number of benzene rings is 1. The van der Waals surface area contributed by atoms with Crippen LogP contribution in [0, 0.1) is 0 Å². The van der Waals surface area contributed by atoms with E-state index in [9.17, 15) is 0 Å². The van der Waals surface area contributed by atoms with Gasteiger partial charge in [-0.3, -0.25) is 0 Å². The third kappa shape index (κ3) is 2.51. The van der Waals surface area contributed by atoms with Gasteiger partial charge in [-0.1, -0.05) is 18.2 Å². The maximum Gasteiger partial charge on any atom is 0.143 e. The lowest BCUT2D eigenvalue weighted by Crippen LogP contribution is -2.56. The molecule has 0 bridgehead atoms. The molecule has 2 fully saturated rings. The van der Waals surface area contributed by atoms with Crippen molar-refractivity contribution in [1.29, 1.82) is 0 Å². The van der Waals surface area contributed by atoms with E-state index in [1.165, 1.54) is 5.69 Å². The number of hydrogen-bond acceptors (Lipinski definition) is 4. The van der Waals surface area contributed by atoms with Crippen LogP contribution in [0.15, 0.2) is 30.3 Å². The number of nitrogens with zero attached hydrogens (tertiary/aromatic N) is 2. The Hall–Kier alpha value is -1.10. The fourth-order valence-corrected chi connectivity index (χ4v) is 2.43. The molecular formula is C14H20N2O2. The van der Waals surface area contributed by atoms with Crippen LogP contribution in [0.2, 0.25) is 0 Å². The van der Waals surface area contributed by atoms with Crippen LogP contribution in [-0.4, -0.2) is 57.1 Å². The van der Waals surface area contributed by atoms with Gasteiger partial charge in [-0.25, -0.2) is 0 Å². The second-order valence-corrected chi connectivity index (χ2v) is 5.04. The van der Waals surface area contributed by atoms with Crippen molar-refractivity contribution in [1.82, 2.24) is 4.90 Å². The molecule has 3 rings (SSSR count). The molecule has 0 saturated carbocycles. The lowest BCUT2D eigenvalue weighted by molar-refractivity contribution is -0.160. The van der Waals surface area contributed by atoms with E-state index in [1.807, 2.05) is 0 Å². The summed E-state index contributed by atoms with van der Waals surface area (Å²) in [5, 5.41) is 0. The van der Waals surface area contributed by atoms with Crippen LogP contribution in [0.3, 0.4) is 0 Å². The van der Waals surface area contributed by atoms with Gasteiger partial charge in [0.05, 0.1) is 13.2 Å². The Balaban J connectivity index is 1.72. The molecule has 98 valence electrons. The summed E-state index contributed by atoms with van der Waals surface area (Å²) in [5.74, 6) is 0. The molecule has 0 aliphatic carbocycles. The molecule has 0 radical (unpaired) electrons. The Morgan fingerprint density at radius 2 is 1.94 bits per heavy atom. The Bertz CT molecular complexity index is 381. The van der Waals surface area contributed by atoms with Crippen molar-refractivity contribution in [3.8, 4) is 0 Å². The minimum Gasteiger partial charge on any atom is -0.376 e. The number of rotatable bonds is 3. The Morgan fingerprint density at radius 3 is 2.61 bits per heavy atom. The first-order chi connectivity index (χ1) is 8.83. The summed E-state index contributed by atoms with van der Waals surface area (Å²) < 4.78 is 11.3. The normalized spacial score (nSPS) is 26.1. The predicted octanol–water partition coefficient (Wildman–Crippen LogP) is 1.18. The van der Waals surface area contributed by atoms with Crippen LogP contribution in [0.25, 0.3) is 0 Å². The lowest BCUT2D eigenvalue weighted by Gasteiger charge is -2.43. The van der Waals surface area contributed by atoms with E-state index in [2.05, 4.69) is 47.2 Å². The monoisotopic (exact) mass is 248 g/mol. The zero-order chi connectivity index (χ0) is 12.4. The molecule has 1 atom stereocenters. The van der Waals surface area contributed by atoms with Crippen LogP contribution in [-0.2, 0) is 9.47 Å². The van der Waals surface area contributed by atoms with Crippen molar-refractivity contribution in [3.05, 3.63) is 30.3 Å². The van der Waals surface area contributed by atoms with Crippen molar-refractivity contribution < 1.29 is 9.47 Å². The number of hydrogen-bond donors (Lipinski definition) is 0. The highest BCUT2D eigenvalue weighted by atomic mass is 16.6. The number of anilines is 1. The van der Waals surface area contributed by atoms with Gasteiger partial charge in [-0.15, -0.1) is 0 Å². The fraction of sp³-hybridized carbons (Fsp3) is 0.571. The average molecular weight is 248 g/mol. The second kappa shape index (κ2) is 5.26. The van der Waals surface area contributed by atoms with Crippen molar-refractivity contribution in [2.75, 3.05) is 44.8 Å². The minimum atomic E-state index is 0.139. The van der Waals surface area contributed by atoms with Gasteiger partial charge in [0, 0.05) is 25.3 Å². The summed E-state index contributed by atoms with van der Waals surface area (Å²) in [6.45, 7) is 4.52. The lowest BCUT2D eigenvalue weighted by atomic mass is 10.2. The van der Waals surface area contributed by atoms with Gasteiger partial charge in [-0.2, -0.15) is 0 Å². The van der Waals surface area contributed by atoms with Crippen LogP contribution < -0.4 is 4.90 Å². The smallest absolute Gasteiger partial charge is 0.143 e. The molecule has 18 heavy (non-hydrogen) atoms. The van der Waals surface area contributed by atoms with E-state index in [1.54, 1.807) is 0 Å². The van der Waals surface area contributed by atoms with Crippen LogP contribution >= 0.6 is 0 Å². The molecule has 1 aromatic rings. The van der Waals surface area contributed by atoms with Gasteiger partial charge in [0.15, 0.2) is 0 Å². The quantitative estimate of drug-likeness (QED) is 0.802. The summed E-state index contributed by atoms with van der Waals surface area (Å²) in [4.78, 5) is 4.68. The first-order valence-corrected chi connectivity index (χ1v) is 6.56. The first-order valence-electron chi connectivity index (χ1n) is 6.56. The zero-order valence-electron chi connectivity index (χ0n) is 10.8. The Morgan fingerprint density at radius 1 is 1.17 bits per heavy atom. The van der Waals surface area contributed by atoms with E-state index in [0.29, 0.717) is 0 Å². The van der Waals surface area contributed by atoms with Crippen molar-refractivity contribution in [2.24, 2.45) is 0 Å². The Kier molecular flexibility index (Phi) is 3.50. The van der Waals surface area contributed by atoms with Crippen LogP contribution in [0.5, 0.6) is 0 Å². The molecule has 0 aromatic heterocycles. The first kappa shape index (κ1) is 12.0. The van der Waals surface area contributed by atoms with E-state index < -0.39 is 0 Å². The number of ether oxygens (including phenoxy) is 2. The number of para-hydroxylation sites is 1. The van der Waals surface area contributed by atoms with Crippen molar-refractivity contribution >= 4 is 5.69 Å². The maximum atomic E-state index is 6.12. The molecule has 1 aromatic carbocycles. The van der Waals surface area contributed by atoms with E-state index >= 15 is 0 Å². The highest BCUT2D eigenvalue weighted by Crippen LogP contribution is 2.22. The SMILES string of the molecule is CN1CCN(c2ccccc2)C(OC2COC2)C1. The Labute approximate surface area is 108 Å². The number of likely N-dealkylation sites (N-methyl/N-ethyl adjacent to an activating group) is 1. The molecule has 4 heteroatoms. The molecule has 2 aliphatic rings. The van der Waals surface area contributed by atoms with Gasteiger partial charge in [0.2, 0.25) is 0 Å². The highest BCUT2D eigenvalue weighted by molar-refractivity contribution is 5.47. The summed E-state index contributed by atoms with van der Waals surface area (Å²) >= 11 is 0. The van der Waals surface area contributed by atoms with E-state index in [0.717, 1.165) is 32.8 Å². The zero-order valence-corrected chi connectivity index (χ0v) is 10.8.